The molecule has 0 fully saturated rings. The van der Waals surface area contributed by atoms with Crippen LogP contribution in [-0.4, -0.2) is 21.6 Å². The molecule has 4 N–H and O–H groups in total. The van der Waals surface area contributed by atoms with Gasteiger partial charge in [0, 0.05) is 11.8 Å². The molecule has 2 aromatic rings. The predicted molar refractivity (Wildman–Crippen MR) is 80.1 cm³/mol. The van der Waals surface area contributed by atoms with E-state index >= 15 is 0 Å². The molecule has 1 aromatic heterocycles. The summed E-state index contributed by atoms with van der Waals surface area (Å²) in [4.78, 5) is 29.1. The van der Waals surface area contributed by atoms with Crippen molar-refractivity contribution in [3.05, 3.63) is 46.2 Å². The lowest BCUT2D eigenvalue weighted by molar-refractivity contribution is -0.137. The Hall–Kier alpha value is -2.49. The second-order valence-corrected chi connectivity index (χ2v) is 5.35. The van der Waals surface area contributed by atoms with Crippen LogP contribution >= 0.6 is 11.8 Å². The van der Waals surface area contributed by atoms with E-state index in [2.05, 4.69) is 15.3 Å². The number of hydrogen-bond donors (Lipinski definition) is 3. The minimum absolute atomic E-state index is 0.00883. The summed E-state index contributed by atoms with van der Waals surface area (Å²) in [6, 6.07) is 5.38. The molecule has 2 rings (SSSR count). The summed E-state index contributed by atoms with van der Waals surface area (Å²) in [5.74, 6) is -0.684. The van der Waals surface area contributed by atoms with Crippen molar-refractivity contribution >= 4 is 29.2 Å². The van der Waals surface area contributed by atoms with Gasteiger partial charge in [-0.15, -0.1) is 0 Å². The lowest BCUT2D eigenvalue weighted by Crippen LogP contribution is -2.16. The highest BCUT2D eigenvalue weighted by atomic mass is 32.2. The first-order valence-electron chi connectivity index (χ1n) is 6.21. The molecule has 0 spiro atoms. The molecule has 10 heteroatoms. The third kappa shape index (κ3) is 5.02. The Morgan fingerprint density at radius 2 is 2.09 bits per heavy atom. The van der Waals surface area contributed by atoms with Crippen LogP contribution in [-0.2, 0) is 11.0 Å². The van der Waals surface area contributed by atoms with Crippen LogP contribution in [0.4, 0.5) is 24.7 Å². The fourth-order valence-corrected chi connectivity index (χ4v) is 2.31. The monoisotopic (exact) mass is 344 g/mol. The molecule has 0 saturated carbocycles. The third-order valence-electron chi connectivity index (χ3n) is 2.55. The fourth-order valence-electron chi connectivity index (χ4n) is 1.63. The molecular formula is C13H11F3N4O2S. The highest BCUT2D eigenvalue weighted by Crippen LogP contribution is 2.30. The molecule has 1 amide bonds. The summed E-state index contributed by atoms with van der Waals surface area (Å²) < 4.78 is 37.7. The minimum Gasteiger partial charge on any atom is -0.383 e. The topological polar surface area (TPSA) is 101 Å². The van der Waals surface area contributed by atoms with Crippen LogP contribution in [0, 0.1) is 0 Å². The maximum Gasteiger partial charge on any atom is 0.416 e. The van der Waals surface area contributed by atoms with Gasteiger partial charge in [0.2, 0.25) is 5.91 Å². The first kappa shape index (κ1) is 16.9. The lowest BCUT2D eigenvalue weighted by Gasteiger charge is -2.09. The number of nitrogens with two attached hydrogens (primary N) is 1. The van der Waals surface area contributed by atoms with Gasteiger partial charge in [-0.2, -0.15) is 13.2 Å². The number of carbonyl (C=O) groups is 1. The molecule has 122 valence electrons. The normalized spacial score (nSPS) is 11.3. The number of anilines is 2. The van der Waals surface area contributed by atoms with Crippen molar-refractivity contribution in [3.8, 4) is 0 Å². The van der Waals surface area contributed by atoms with E-state index in [4.69, 9.17) is 5.73 Å². The average Bonchev–Trinajstić information content (AvgIpc) is 2.43. The first-order valence-corrected chi connectivity index (χ1v) is 7.19. The van der Waals surface area contributed by atoms with Crippen LogP contribution in [0.2, 0.25) is 0 Å². The number of halogens is 3. The summed E-state index contributed by atoms with van der Waals surface area (Å²) in [7, 11) is 0. The first-order chi connectivity index (χ1) is 10.7. The van der Waals surface area contributed by atoms with E-state index in [1.807, 2.05) is 0 Å². The van der Waals surface area contributed by atoms with E-state index in [0.29, 0.717) is 0 Å². The Morgan fingerprint density at radius 1 is 1.35 bits per heavy atom. The number of nitrogens with zero attached hydrogens (tertiary/aromatic N) is 1. The quantitative estimate of drug-likeness (QED) is 0.582. The molecule has 0 bridgehead atoms. The van der Waals surface area contributed by atoms with Gasteiger partial charge >= 0.3 is 6.18 Å². The number of carbonyl (C=O) groups excluding carboxylic acids is 1. The van der Waals surface area contributed by atoms with E-state index in [0.717, 1.165) is 30.0 Å². The minimum atomic E-state index is -4.49. The maximum atomic E-state index is 12.6. The zero-order valence-corrected chi connectivity index (χ0v) is 12.3. The molecule has 0 saturated heterocycles. The number of H-pyrrole nitrogens is 1. The summed E-state index contributed by atoms with van der Waals surface area (Å²) in [6.07, 6.45) is -4.49. The zero-order chi connectivity index (χ0) is 17.0. The Bertz CT molecular complexity index is 776. The molecular weight excluding hydrogens is 333 g/mol. The Labute approximate surface area is 132 Å². The Kier molecular flexibility index (Phi) is 4.94. The second-order valence-electron chi connectivity index (χ2n) is 4.39. The average molecular weight is 344 g/mol. The number of aromatic nitrogens is 2. The molecule has 0 radical (unpaired) electrons. The second kappa shape index (κ2) is 6.73. The van der Waals surface area contributed by atoms with Crippen molar-refractivity contribution in [1.82, 2.24) is 9.97 Å². The van der Waals surface area contributed by atoms with Gasteiger partial charge in [-0.25, -0.2) is 4.98 Å². The maximum absolute atomic E-state index is 12.6. The van der Waals surface area contributed by atoms with E-state index in [-0.39, 0.29) is 22.4 Å². The Balaban J connectivity index is 1.98. The van der Waals surface area contributed by atoms with Gasteiger partial charge in [-0.3, -0.25) is 9.59 Å². The molecule has 0 aliphatic heterocycles. The summed E-state index contributed by atoms with van der Waals surface area (Å²) in [5, 5.41) is 2.49. The smallest absolute Gasteiger partial charge is 0.383 e. The number of hydrogen-bond acceptors (Lipinski definition) is 5. The molecule has 1 heterocycles. The van der Waals surface area contributed by atoms with E-state index in [9.17, 15) is 22.8 Å². The van der Waals surface area contributed by atoms with Crippen molar-refractivity contribution in [1.29, 1.82) is 0 Å². The number of amides is 1. The standard InChI is InChI=1S/C13H11F3N4O2S/c14-13(15,16)7-2-1-3-8(4-7)18-11(22)6-23-12-19-9(17)5-10(21)20-12/h1-5H,6H2,(H,18,22)(H3,17,19,20,21). The van der Waals surface area contributed by atoms with E-state index < -0.39 is 23.2 Å². The van der Waals surface area contributed by atoms with Crippen LogP contribution in [0.1, 0.15) is 5.56 Å². The number of aromatic amines is 1. The lowest BCUT2D eigenvalue weighted by atomic mass is 10.2. The summed E-state index contributed by atoms with van der Waals surface area (Å²) in [6.45, 7) is 0. The van der Waals surface area contributed by atoms with Gasteiger partial charge in [0.1, 0.15) is 5.82 Å². The molecule has 0 aliphatic carbocycles. The summed E-state index contributed by atoms with van der Waals surface area (Å²) in [5.41, 5.74) is 4.11. The fraction of sp³-hybridized carbons (Fsp3) is 0.154. The van der Waals surface area contributed by atoms with Crippen molar-refractivity contribution in [3.63, 3.8) is 0 Å². The van der Waals surface area contributed by atoms with Crippen LogP contribution < -0.4 is 16.6 Å². The number of benzene rings is 1. The molecule has 0 unspecified atom stereocenters. The van der Waals surface area contributed by atoms with Crippen LogP contribution in [0.25, 0.3) is 0 Å². The van der Waals surface area contributed by atoms with Crippen molar-refractivity contribution in [2.75, 3.05) is 16.8 Å². The molecule has 6 nitrogen and oxygen atoms in total. The van der Waals surface area contributed by atoms with Gasteiger partial charge in [0.15, 0.2) is 5.16 Å². The number of alkyl halides is 3. The van der Waals surface area contributed by atoms with Gasteiger partial charge in [-0.1, -0.05) is 17.8 Å². The van der Waals surface area contributed by atoms with E-state index in [1.54, 1.807) is 0 Å². The SMILES string of the molecule is Nc1cc(=O)[nH]c(SCC(=O)Nc2cccc(C(F)(F)F)c2)n1. The van der Waals surface area contributed by atoms with Crippen LogP contribution in [0.3, 0.4) is 0 Å². The highest BCUT2D eigenvalue weighted by molar-refractivity contribution is 7.99. The number of nitrogen functional groups attached to an aromatic ring is 1. The van der Waals surface area contributed by atoms with Gasteiger partial charge in [0.25, 0.3) is 5.56 Å². The molecule has 0 atom stereocenters. The van der Waals surface area contributed by atoms with Crippen LogP contribution in [0.5, 0.6) is 0 Å². The highest BCUT2D eigenvalue weighted by Gasteiger charge is 2.30. The number of thioether (sulfide) groups is 1. The van der Waals surface area contributed by atoms with Crippen molar-refractivity contribution in [2.45, 2.75) is 11.3 Å². The third-order valence-corrected chi connectivity index (χ3v) is 3.43. The van der Waals surface area contributed by atoms with Gasteiger partial charge in [0.05, 0.1) is 11.3 Å². The number of nitrogens with one attached hydrogen (secondary N) is 2. The molecule has 1 aromatic carbocycles. The summed E-state index contributed by atoms with van der Waals surface area (Å²) >= 11 is 0.905. The molecule has 0 aliphatic rings. The van der Waals surface area contributed by atoms with Gasteiger partial charge < -0.3 is 16.0 Å². The largest absolute Gasteiger partial charge is 0.416 e. The zero-order valence-electron chi connectivity index (χ0n) is 11.5. The van der Waals surface area contributed by atoms with Crippen molar-refractivity contribution in [2.24, 2.45) is 0 Å². The van der Waals surface area contributed by atoms with E-state index in [1.165, 1.54) is 12.1 Å². The van der Waals surface area contributed by atoms with Gasteiger partial charge in [-0.05, 0) is 18.2 Å². The van der Waals surface area contributed by atoms with Crippen molar-refractivity contribution < 1.29 is 18.0 Å². The predicted octanol–water partition coefficient (Wildman–Crippen LogP) is 2.10. The number of rotatable bonds is 4. The van der Waals surface area contributed by atoms with Crippen LogP contribution in [0.15, 0.2) is 40.3 Å². The molecule has 23 heavy (non-hydrogen) atoms. The Morgan fingerprint density at radius 3 is 2.74 bits per heavy atom.